The van der Waals surface area contributed by atoms with Gasteiger partial charge in [-0.2, -0.15) is 0 Å². The Bertz CT molecular complexity index is 524. The van der Waals surface area contributed by atoms with Gasteiger partial charge in [-0.1, -0.05) is 38.2 Å². The molecule has 7 atom stereocenters. The van der Waals surface area contributed by atoms with Gasteiger partial charge in [0.2, 0.25) is 6.41 Å². The SMILES string of the molecule is C=C(C)/C=C/[C@]12C[C@H](C)[C@H]3CC[C@](C)(NC=O)[C@@H](CC[C@H]1C)[C@@H]32. The maximum atomic E-state index is 11.2. The van der Waals surface area contributed by atoms with Crippen LogP contribution in [0.15, 0.2) is 24.3 Å². The zero-order chi connectivity index (χ0) is 16.8. The first-order chi connectivity index (χ1) is 10.8. The van der Waals surface area contributed by atoms with E-state index in [0.29, 0.717) is 17.3 Å². The van der Waals surface area contributed by atoms with Crippen molar-refractivity contribution in [3.8, 4) is 0 Å². The van der Waals surface area contributed by atoms with Crippen molar-refractivity contribution in [1.29, 1.82) is 0 Å². The Morgan fingerprint density at radius 2 is 2.00 bits per heavy atom. The van der Waals surface area contributed by atoms with Crippen molar-refractivity contribution in [3.05, 3.63) is 24.3 Å². The van der Waals surface area contributed by atoms with E-state index in [1.54, 1.807) is 0 Å². The number of allylic oxidation sites excluding steroid dienone is 3. The monoisotopic (exact) mass is 315 g/mol. The van der Waals surface area contributed by atoms with Gasteiger partial charge in [0.25, 0.3) is 0 Å². The van der Waals surface area contributed by atoms with Crippen molar-refractivity contribution in [1.82, 2.24) is 5.32 Å². The second-order valence-electron chi connectivity index (χ2n) is 8.97. The zero-order valence-corrected chi connectivity index (χ0v) is 15.3. The summed E-state index contributed by atoms with van der Waals surface area (Å²) in [6, 6.07) is 0. The van der Waals surface area contributed by atoms with E-state index in [9.17, 15) is 4.79 Å². The molecule has 0 bridgehead atoms. The van der Waals surface area contributed by atoms with Crippen molar-refractivity contribution in [2.24, 2.45) is 35.0 Å². The lowest BCUT2D eigenvalue weighted by atomic mass is 9.50. The van der Waals surface area contributed by atoms with Crippen LogP contribution in [0.3, 0.4) is 0 Å². The Balaban J connectivity index is 2.04. The van der Waals surface area contributed by atoms with Gasteiger partial charge in [-0.05, 0) is 81.0 Å². The molecule has 0 radical (unpaired) electrons. The number of nitrogens with one attached hydrogen (secondary N) is 1. The Kier molecular flexibility index (Phi) is 4.23. The Labute approximate surface area is 141 Å². The van der Waals surface area contributed by atoms with Gasteiger partial charge >= 0.3 is 0 Å². The van der Waals surface area contributed by atoms with Gasteiger partial charge < -0.3 is 5.32 Å². The Morgan fingerprint density at radius 3 is 2.65 bits per heavy atom. The molecule has 23 heavy (non-hydrogen) atoms. The predicted molar refractivity (Wildman–Crippen MR) is 95.9 cm³/mol. The van der Waals surface area contributed by atoms with E-state index in [4.69, 9.17) is 0 Å². The maximum Gasteiger partial charge on any atom is 0.207 e. The number of carbonyl (C=O) groups excluding carboxylic acids is 1. The van der Waals surface area contributed by atoms with Gasteiger partial charge in [-0.3, -0.25) is 4.79 Å². The summed E-state index contributed by atoms with van der Waals surface area (Å²) in [6.45, 7) is 13.4. The molecule has 0 aromatic carbocycles. The van der Waals surface area contributed by atoms with E-state index in [1.807, 2.05) is 0 Å². The van der Waals surface area contributed by atoms with Crippen LogP contribution in [0.1, 0.15) is 59.8 Å². The molecule has 0 aromatic rings. The van der Waals surface area contributed by atoms with Gasteiger partial charge in [0.15, 0.2) is 0 Å². The molecule has 128 valence electrons. The van der Waals surface area contributed by atoms with Gasteiger partial charge in [0.1, 0.15) is 0 Å². The molecule has 1 amide bonds. The molecule has 3 rings (SSSR count). The van der Waals surface area contributed by atoms with E-state index < -0.39 is 0 Å². The molecular weight excluding hydrogens is 282 g/mol. The summed E-state index contributed by atoms with van der Waals surface area (Å²) >= 11 is 0. The molecule has 0 unspecified atom stereocenters. The standard InChI is InChI=1S/C21H33NO/c1-14(2)8-11-21-12-15(3)17-9-10-20(5,22-13-23)18(19(17)21)7-6-16(21)4/h8,11,13,15-19H,1,6-7,9-10,12H2,2-5H3,(H,22,23)/b11-8+/t15-,16+,17+,18-,19+,20-,21-/m0/s1. The number of amides is 1. The molecule has 0 heterocycles. The van der Waals surface area contributed by atoms with Crippen LogP contribution < -0.4 is 5.32 Å². The highest BCUT2D eigenvalue weighted by atomic mass is 16.1. The minimum atomic E-state index is -0.0184. The van der Waals surface area contributed by atoms with Crippen molar-refractivity contribution >= 4 is 6.41 Å². The lowest BCUT2D eigenvalue weighted by Crippen LogP contribution is -2.59. The highest BCUT2D eigenvalue weighted by Gasteiger charge is 2.62. The summed E-state index contributed by atoms with van der Waals surface area (Å²) in [6.07, 6.45) is 11.9. The van der Waals surface area contributed by atoms with Crippen LogP contribution in [0.2, 0.25) is 0 Å². The molecule has 2 nitrogen and oxygen atoms in total. The summed E-state index contributed by atoms with van der Waals surface area (Å²) < 4.78 is 0. The van der Waals surface area contributed by atoms with E-state index >= 15 is 0 Å². The maximum absolute atomic E-state index is 11.2. The van der Waals surface area contributed by atoms with Gasteiger partial charge in [-0.25, -0.2) is 0 Å². The molecule has 2 heteroatoms. The van der Waals surface area contributed by atoms with E-state index in [-0.39, 0.29) is 5.54 Å². The summed E-state index contributed by atoms with van der Waals surface area (Å²) in [5.41, 5.74) is 1.43. The van der Waals surface area contributed by atoms with E-state index in [0.717, 1.165) is 36.2 Å². The van der Waals surface area contributed by atoms with Crippen LogP contribution >= 0.6 is 0 Å². The minimum absolute atomic E-state index is 0.0184. The zero-order valence-electron chi connectivity index (χ0n) is 15.3. The first-order valence-electron chi connectivity index (χ1n) is 9.40. The number of hydrogen-bond donors (Lipinski definition) is 1. The van der Waals surface area contributed by atoms with Gasteiger partial charge in [0.05, 0.1) is 0 Å². The molecule has 0 aromatic heterocycles. The fraction of sp³-hybridized carbons (Fsp3) is 0.762. The number of hydrogen-bond acceptors (Lipinski definition) is 1. The average molecular weight is 316 g/mol. The minimum Gasteiger partial charge on any atom is -0.353 e. The first-order valence-corrected chi connectivity index (χ1v) is 9.40. The molecule has 3 aliphatic carbocycles. The van der Waals surface area contributed by atoms with Crippen LogP contribution in [0.5, 0.6) is 0 Å². The summed E-state index contributed by atoms with van der Waals surface area (Å²) in [5.74, 6) is 3.66. The van der Waals surface area contributed by atoms with Crippen molar-refractivity contribution in [2.45, 2.75) is 65.3 Å². The highest BCUT2D eigenvalue weighted by molar-refractivity contribution is 5.48. The second kappa shape index (κ2) is 5.79. The Morgan fingerprint density at radius 1 is 1.26 bits per heavy atom. The van der Waals surface area contributed by atoms with Crippen LogP contribution in [0.4, 0.5) is 0 Å². The van der Waals surface area contributed by atoms with Gasteiger partial charge in [0, 0.05) is 5.54 Å². The lowest BCUT2D eigenvalue weighted by Gasteiger charge is -2.57. The molecule has 1 N–H and O–H groups in total. The lowest BCUT2D eigenvalue weighted by molar-refractivity contribution is -0.115. The Hall–Kier alpha value is -1.05. The van der Waals surface area contributed by atoms with Crippen LogP contribution in [0, 0.1) is 35.0 Å². The topological polar surface area (TPSA) is 29.1 Å². The average Bonchev–Trinajstić information content (AvgIpc) is 2.78. The summed E-state index contributed by atoms with van der Waals surface area (Å²) in [7, 11) is 0. The first kappa shape index (κ1) is 16.8. The van der Waals surface area contributed by atoms with Crippen LogP contribution in [0.25, 0.3) is 0 Å². The fourth-order valence-corrected chi connectivity index (χ4v) is 6.46. The largest absolute Gasteiger partial charge is 0.353 e. The van der Waals surface area contributed by atoms with Crippen molar-refractivity contribution in [3.63, 3.8) is 0 Å². The molecule has 0 spiro atoms. The summed E-state index contributed by atoms with van der Waals surface area (Å²) in [4.78, 5) is 11.2. The fourth-order valence-electron chi connectivity index (χ4n) is 6.46. The molecule has 3 saturated carbocycles. The third-order valence-electron chi connectivity index (χ3n) is 7.63. The van der Waals surface area contributed by atoms with Crippen molar-refractivity contribution < 1.29 is 4.79 Å². The van der Waals surface area contributed by atoms with E-state index in [1.165, 1.54) is 25.7 Å². The van der Waals surface area contributed by atoms with Gasteiger partial charge in [-0.15, -0.1) is 0 Å². The molecular formula is C21H33NO. The highest BCUT2D eigenvalue weighted by Crippen LogP contribution is 2.67. The molecule has 0 saturated heterocycles. The third-order valence-corrected chi connectivity index (χ3v) is 7.63. The normalized spacial score (nSPS) is 49.0. The second-order valence-corrected chi connectivity index (χ2v) is 8.97. The third kappa shape index (κ3) is 2.49. The molecule has 3 aliphatic rings. The number of rotatable bonds is 4. The molecule has 0 aliphatic heterocycles. The van der Waals surface area contributed by atoms with E-state index in [2.05, 4.69) is 51.7 Å². The predicted octanol–water partition coefficient (Wildman–Crippen LogP) is 4.72. The van der Waals surface area contributed by atoms with Crippen LogP contribution in [-0.4, -0.2) is 11.9 Å². The quantitative estimate of drug-likeness (QED) is 0.590. The number of carbonyl (C=O) groups is 1. The summed E-state index contributed by atoms with van der Waals surface area (Å²) in [5, 5.41) is 3.22. The molecule has 3 fully saturated rings. The van der Waals surface area contributed by atoms with Crippen molar-refractivity contribution in [2.75, 3.05) is 0 Å². The van der Waals surface area contributed by atoms with Crippen LogP contribution in [-0.2, 0) is 4.79 Å². The smallest absolute Gasteiger partial charge is 0.207 e.